The molecule has 1 amide bonds. The number of ether oxygens (including phenoxy) is 1. The number of aliphatic imine (C=N–C) groups is 1. The quantitative estimate of drug-likeness (QED) is 0.417. The van der Waals surface area contributed by atoms with Gasteiger partial charge in [0.25, 0.3) is 0 Å². The highest BCUT2D eigenvalue weighted by atomic mass is 19.4. The smallest absolute Gasteiger partial charge is 0.416 e. The van der Waals surface area contributed by atoms with Crippen molar-refractivity contribution in [3.8, 4) is 5.75 Å². The van der Waals surface area contributed by atoms with Crippen molar-refractivity contribution in [1.82, 2.24) is 15.5 Å². The lowest BCUT2D eigenvalue weighted by Gasteiger charge is -2.21. The number of nitrogens with one attached hydrogen (secondary N) is 2. The topological polar surface area (TPSA) is 66.0 Å². The fraction of sp³-hybridized carbons (Fsp3) is 0.619. The second-order valence-corrected chi connectivity index (χ2v) is 7.77. The van der Waals surface area contributed by atoms with Crippen LogP contribution >= 0.6 is 0 Å². The third kappa shape index (κ3) is 6.03. The molecule has 0 radical (unpaired) electrons. The lowest BCUT2D eigenvalue weighted by molar-refractivity contribution is -0.137. The number of benzene rings is 1. The van der Waals surface area contributed by atoms with E-state index >= 15 is 0 Å². The predicted octanol–water partition coefficient (Wildman–Crippen LogP) is 3.04. The third-order valence-electron chi connectivity index (χ3n) is 5.59. The van der Waals surface area contributed by atoms with Crippen molar-refractivity contribution in [2.75, 3.05) is 33.3 Å². The molecule has 1 atom stereocenters. The van der Waals surface area contributed by atoms with Crippen LogP contribution in [0.2, 0.25) is 0 Å². The van der Waals surface area contributed by atoms with Crippen molar-refractivity contribution in [3.63, 3.8) is 0 Å². The average molecular weight is 426 g/mol. The van der Waals surface area contributed by atoms with Gasteiger partial charge in [-0.25, -0.2) is 0 Å². The van der Waals surface area contributed by atoms with Crippen molar-refractivity contribution in [1.29, 1.82) is 0 Å². The summed E-state index contributed by atoms with van der Waals surface area (Å²) >= 11 is 0. The zero-order valence-corrected chi connectivity index (χ0v) is 17.2. The van der Waals surface area contributed by atoms with Crippen LogP contribution in [0, 0.1) is 5.92 Å². The van der Waals surface area contributed by atoms with Crippen LogP contribution in [0.1, 0.15) is 37.7 Å². The van der Waals surface area contributed by atoms with E-state index in [1.54, 1.807) is 7.05 Å². The number of nitrogens with zero attached hydrogens (tertiary/aromatic N) is 2. The largest absolute Gasteiger partial charge is 0.492 e. The fourth-order valence-corrected chi connectivity index (χ4v) is 4.00. The molecule has 9 heteroatoms. The maximum Gasteiger partial charge on any atom is 0.416 e. The molecule has 2 aliphatic rings. The molecule has 2 fully saturated rings. The Balaban J connectivity index is 1.39. The fourth-order valence-electron chi connectivity index (χ4n) is 4.00. The van der Waals surface area contributed by atoms with Crippen LogP contribution in [0.25, 0.3) is 0 Å². The van der Waals surface area contributed by atoms with E-state index in [1.165, 1.54) is 12.1 Å². The van der Waals surface area contributed by atoms with E-state index in [1.807, 2.05) is 4.90 Å². The Morgan fingerprint density at radius 3 is 2.73 bits per heavy atom. The minimum absolute atomic E-state index is 0.130. The number of carbonyl (C=O) groups is 1. The van der Waals surface area contributed by atoms with E-state index in [2.05, 4.69) is 15.6 Å². The normalized spacial score (nSPS) is 20.5. The van der Waals surface area contributed by atoms with E-state index in [9.17, 15) is 18.0 Å². The molecule has 0 bridgehead atoms. The van der Waals surface area contributed by atoms with E-state index in [0.717, 1.165) is 50.8 Å². The van der Waals surface area contributed by atoms with Gasteiger partial charge in [0.05, 0.1) is 12.1 Å². The van der Waals surface area contributed by atoms with E-state index in [-0.39, 0.29) is 30.2 Å². The Bertz CT molecular complexity index is 748. The number of guanidine groups is 1. The number of carbonyl (C=O) groups excluding carboxylic acids is 1. The molecule has 3 rings (SSSR count). The van der Waals surface area contributed by atoms with Crippen LogP contribution in [-0.2, 0) is 11.0 Å². The molecule has 1 saturated heterocycles. The molecule has 1 aromatic rings. The Labute approximate surface area is 174 Å². The number of likely N-dealkylation sites (tertiary alicyclic amines) is 1. The zero-order chi connectivity index (χ0) is 21.6. The van der Waals surface area contributed by atoms with Crippen molar-refractivity contribution < 1.29 is 22.7 Å². The second-order valence-electron chi connectivity index (χ2n) is 7.77. The van der Waals surface area contributed by atoms with E-state index in [0.29, 0.717) is 19.0 Å². The number of hydrogen-bond donors (Lipinski definition) is 2. The first-order valence-corrected chi connectivity index (χ1v) is 10.4. The van der Waals surface area contributed by atoms with Gasteiger partial charge >= 0.3 is 6.18 Å². The van der Waals surface area contributed by atoms with E-state index < -0.39 is 11.7 Å². The maximum atomic E-state index is 12.8. The maximum absolute atomic E-state index is 12.8. The summed E-state index contributed by atoms with van der Waals surface area (Å²) in [4.78, 5) is 18.7. The Hall–Kier alpha value is -2.45. The summed E-state index contributed by atoms with van der Waals surface area (Å²) in [5.41, 5.74) is -0.733. The molecular formula is C21H29F3N4O2. The minimum atomic E-state index is -4.39. The molecule has 0 spiro atoms. The average Bonchev–Trinajstić information content (AvgIpc) is 3.41. The summed E-state index contributed by atoms with van der Waals surface area (Å²) in [7, 11) is 1.65. The number of alkyl halides is 3. The summed E-state index contributed by atoms with van der Waals surface area (Å²) < 4.78 is 43.7. The predicted molar refractivity (Wildman–Crippen MR) is 108 cm³/mol. The monoisotopic (exact) mass is 426 g/mol. The Morgan fingerprint density at radius 2 is 2.03 bits per heavy atom. The molecule has 6 nitrogen and oxygen atoms in total. The minimum Gasteiger partial charge on any atom is -0.492 e. The van der Waals surface area contributed by atoms with Crippen molar-refractivity contribution in [2.24, 2.45) is 10.9 Å². The highest BCUT2D eigenvalue weighted by Crippen LogP contribution is 2.31. The molecule has 1 saturated carbocycles. The number of amides is 1. The van der Waals surface area contributed by atoms with Gasteiger partial charge in [0.15, 0.2) is 5.96 Å². The van der Waals surface area contributed by atoms with E-state index in [4.69, 9.17) is 4.74 Å². The lowest BCUT2D eigenvalue weighted by atomic mass is 10.1. The second kappa shape index (κ2) is 10.0. The van der Waals surface area contributed by atoms with Crippen LogP contribution in [0.15, 0.2) is 29.3 Å². The standard InChI is InChI=1S/C21H29F3N4O2/c1-25-20(26-10-12-30-18-8-4-7-16(13-18)21(22,23)24)27-17-9-11-28(14-17)19(29)15-5-2-3-6-15/h4,7-8,13,15,17H,2-3,5-6,9-12,14H2,1H3,(H2,25,26,27). The molecular weight excluding hydrogens is 397 g/mol. The molecule has 2 N–H and O–H groups in total. The van der Waals surface area contributed by atoms with Gasteiger partial charge in [0.2, 0.25) is 5.91 Å². The summed E-state index contributed by atoms with van der Waals surface area (Å²) in [5.74, 6) is 1.22. The third-order valence-corrected chi connectivity index (χ3v) is 5.59. The van der Waals surface area contributed by atoms with Crippen molar-refractivity contribution >= 4 is 11.9 Å². The first-order chi connectivity index (χ1) is 14.4. The van der Waals surface area contributed by atoms with Gasteiger partial charge < -0.3 is 20.3 Å². The highest BCUT2D eigenvalue weighted by Gasteiger charge is 2.32. The molecule has 0 aromatic heterocycles. The molecule has 1 aliphatic heterocycles. The van der Waals surface area contributed by atoms with Gasteiger partial charge in [-0.2, -0.15) is 13.2 Å². The molecule has 30 heavy (non-hydrogen) atoms. The first-order valence-electron chi connectivity index (χ1n) is 10.4. The van der Waals surface area contributed by atoms with Crippen LogP contribution in [-0.4, -0.2) is 56.1 Å². The number of rotatable bonds is 6. The van der Waals surface area contributed by atoms with Crippen LogP contribution in [0.5, 0.6) is 5.75 Å². The molecule has 1 heterocycles. The van der Waals surface area contributed by atoms with Gasteiger partial charge in [-0.1, -0.05) is 18.9 Å². The first kappa shape index (κ1) is 22.2. The Morgan fingerprint density at radius 1 is 1.27 bits per heavy atom. The lowest BCUT2D eigenvalue weighted by Crippen LogP contribution is -2.46. The summed E-state index contributed by atoms with van der Waals surface area (Å²) in [6.07, 6.45) is 0.763. The number of hydrogen-bond acceptors (Lipinski definition) is 3. The van der Waals surface area contributed by atoms with Gasteiger partial charge in [-0.3, -0.25) is 9.79 Å². The van der Waals surface area contributed by atoms with Gasteiger partial charge in [0.1, 0.15) is 12.4 Å². The van der Waals surface area contributed by atoms with Crippen molar-refractivity contribution in [3.05, 3.63) is 29.8 Å². The van der Waals surface area contributed by atoms with Crippen LogP contribution in [0.4, 0.5) is 13.2 Å². The van der Waals surface area contributed by atoms with Crippen molar-refractivity contribution in [2.45, 2.75) is 44.3 Å². The van der Waals surface area contributed by atoms with Gasteiger partial charge in [-0.15, -0.1) is 0 Å². The SMILES string of the molecule is CN=C(NCCOc1cccc(C(F)(F)F)c1)NC1CCN(C(=O)C2CCCC2)C1. The van der Waals surface area contributed by atoms with Crippen LogP contribution < -0.4 is 15.4 Å². The van der Waals surface area contributed by atoms with Gasteiger partial charge in [-0.05, 0) is 37.5 Å². The molecule has 1 aromatic carbocycles. The summed E-state index contributed by atoms with van der Waals surface area (Å²) in [6.45, 7) is 1.99. The molecule has 1 unspecified atom stereocenters. The number of halogens is 3. The summed E-state index contributed by atoms with van der Waals surface area (Å²) in [6, 6.07) is 4.95. The highest BCUT2D eigenvalue weighted by molar-refractivity contribution is 5.81. The molecule has 1 aliphatic carbocycles. The van der Waals surface area contributed by atoms with Crippen LogP contribution in [0.3, 0.4) is 0 Å². The summed E-state index contributed by atoms with van der Waals surface area (Å²) in [5, 5.41) is 6.41. The zero-order valence-electron chi connectivity index (χ0n) is 17.2. The van der Waals surface area contributed by atoms with Gasteiger partial charge in [0, 0.05) is 32.1 Å². The Kier molecular flexibility index (Phi) is 7.44. The molecule has 166 valence electrons.